The molecule has 21 heavy (non-hydrogen) atoms. The molecule has 0 amide bonds. The first kappa shape index (κ1) is 13.5. The molecular weight excluding hydrogens is 269 g/mol. The first-order chi connectivity index (χ1) is 10.1. The number of rotatable bonds is 3. The fourth-order valence-electron chi connectivity index (χ4n) is 2.53. The molecule has 0 bridgehead atoms. The molecule has 2 heterocycles. The third kappa shape index (κ3) is 2.33. The van der Waals surface area contributed by atoms with Crippen LogP contribution in [-0.4, -0.2) is 20.0 Å². The van der Waals surface area contributed by atoms with E-state index in [1.165, 1.54) is 6.07 Å². The Morgan fingerprint density at radius 3 is 2.86 bits per heavy atom. The van der Waals surface area contributed by atoms with E-state index in [9.17, 15) is 4.39 Å². The standard InChI is InChI=1S/C15H16FN5/c1-9(2)14-15(17)19-20-21(14)8-10-5-6-12(16)11-4-3-7-18-13(10)11/h3-7,9H,8,17H2,1-2H3. The van der Waals surface area contributed by atoms with Crippen LogP contribution in [0.4, 0.5) is 10.2 Å². The number of nitrogens with zero attached hydrogens (tertiary/aromatic N) is 4. The van der Waals surface area contributed by atoms with Gasteiger partial charge in [-0.15, -0.1) is 5.10 Å². The summed E-state index contributed by atoms with van der Waals surface area (Å²) in [5, 5.41) is 8.52. The summed E-state index contributed by atoms with van der Waals surface area (Å²) >= 11 is 0. The fourth-order valence-corrected chi connectivity index (χ4v) is 2.53. The zero-order valence-corrected chi connectivity index (χ0v) is 11.9. The Kier molecular flexibility index (Phi) is 3.29. The minimum Gasteiger partial charge on any atom is -0.381 e. The highest BCUT2D eigenvalue weighted by molar-refractivity contribution is 5.82. The molecule has 3 rings (SSSR count). The lowest BCUT2D eigenvalue weighted by Gasteiger charge is -2.11. The van der Waals surface area contributed by atoms with Crippen LogP contribution in [0.3, 0.4) is 0 Å². The summed E-state index contributed by atoms with van der Waals surface area (Å²) < 4.78 is 15.6. The van der Waals surface area contributed by atoms with E-state index in [0.717, 1.165) is 11.3 Å². The number of anilines is 1. The largest absolute Gasteiger partial charge is 0.381 e. The van der Waals surface area contributed by atoms with Gasteiger partial charge in [0.15, 0.2) is 5.82 Å². The van der Waals surface area contributed by atoms with Crippen molar-refractivity contribution in [2.24, 2.45) is 0 Å². The van der Waals surface area contributed by atoms with E-state index in [2.05, 4.69) is 15.3 Å². The Balaban J connectivity index is 2.09. The quantitative estimate of drug-likeness (QED) is 0.803. The Bertz CT molecular complexity index is 794. The first-order valence-corrected chi connectivity index (χ1v) is 6.79. The highest BCUT2D eigenvalue weighted by Gasteiger charge is 2.15. The molecule has 0 atom stereocenters. The van der Waals surface area contributed by atoms with Gasteiger partial charge in [0, 0.05) is 17.1 Å². The van der Waals surface area contributed by atoms with Crippen LogP contribution in [0.5, 0.6) is 0 Å². The van der Waals surface area contributed by atoms with Crippen molar-refractivity contribution in [1.82, 2.24) is 20.0 Å². The number of pyridine rings is 1. The molecule has 0 saturated carbocycles. The Morgan fingerprint density at radius 1 is 1.29 bits per heavy atom. The average molecular weight is 285 g/mol. The summed E-state index contributed by atoms with van der Waals surface area (Å²) in [6.45, 7) is 4.53. The molecule has 0 fully saturated rings. The number of fused-ring (bicyclic) bond motifs is 1. The van der Waals surface area contributed by atoms with E-state index in [0.29, 0.717) is 23.3 Å². The molecule has 1 aromatic carbocycles. The lowest BCUT2D eigenvalue weighted by Crippen LogP contribution is -2.09. The van der Waals surface area contributed by atoms with Gasteiger partial charge in [-0.3, -0.25) is 4.98 Å². The van der Waals surface area contributed by atoms with Crippen molar-refractivity contribution in [3.05, 3.63) is 47.5 Å². The summed E-state index contributed by atoms with van der Waals surface area (Å²) in [7, 11) is 0. The summed E-state index contributed by atoms with van der Waals surface area (Å²) in [5.41, 5.74) is 8.27. The molecule has 0 aliphatic heterocycles. The van der Waals surface area contributed by atoms with Gasteiger partial charge in [0.05, 0.1) is 17.8 Å². The van der Waals surface area contributed by atoms with Gasteiger partial charge in [0.2, 0.25) is 0 Å². The second kappa shape index (κ2) is 5.12. The number of halogens is 1. The van der Waals surface area contributed by atoms with Gasteiger partial charge in [-0.1, -0.05) is 25.1 Å². The van der Waals surface area contributed by atoms with Crippen LogP contribution in [-0.2, 0) is 6.54 Å². The maximum atomic E-state index is 13.8. The SMILES string of the molecule is CC(C)c1c(N)nnn1Cc1ccc(F)c2cccnc12. The molecule has 108 valence electrons. The van der Waals surface area contributed by atoms with Crippen molar-refractivity contribution >= 4 is 16.7 Å². The van der Waals surface area contributed by atoms with Gasteiger partial charge < -0.3 is 5.73 Å². The van der Waals surface area contributed by atoms with Crippen molar-refractivity contribution in [3.8, 4) is 0 Å². The van der Waals surface area contributed by atoms with Crippen LogP contribution in [0.15, 0.2) is 30.5 Å². The Labute approximate surface area is 121 Å². The molecule has 2 aromatic heterocycles. The number of hydrogen-bond donors (Lipinski definition) is 1. The zero-order valence-electron chi connectivity index (χ0n) is 11.9. The maximum absolute atomic E-state index is 13.8. The maximum Gasteiger partial charge on any atom is 0.169 e. The van der Waals surface area contributed by atoms with Crippen molar-refractivity contribution in [2.75, 3.05) is 5.73 Å². The van der Waals surface area contributed by atoms with Crippen LogP contribution in [0.25, 0.3) is 10.9 Å². The highest BCUT2D eigenvalue weighted by Crippen LogP contribution is 2.23. The van der Waals surface area contributed by atoms with Crippen LogP contribution in [0.1, 0.15) is 31.0 Å². The topological polar surface area (TPSA) is 69.6 Å². The Hall–Kier alpha value is -2.50. The van der Waals surface area contributed by atoms with Gasteiger partial charge in [0.25, 0.3) is 0 Å². The van der Waals surface area contributed by atoms with E-state index in [-0.39, 0.29) is 11.7 Å². The van der Waals surface area contributed by atoms with Gasteiger partial charge in [-0.25, -0.2) is 9.07 Å². The number of nitrogens with two attached hydrogens (primary N) is 1. The van der Waals surface area contributed by atoms with Crippen molar-refractivity contribution in [1.29, 1.82) is 0 Å². The number of hydrogen-bond acceptors (Lipinski definition) is 4. The molecule has 6 heteroatoms. The molecule has 3 aromatic rings. The second-order valence-electron chi connectivity index (χ2n) is 5.28. The van der Waals surface area contributed by atoms with E-state index >= 15 is 0 Å². The average Bonchev–Trinajstić information content (AvgIpc) is 2.83. The summed E-state index contributed by atoms with van der Waals surface area (Å²) in [4.78, 5) is 4.29. The molecule has 0 radical (unpaired) electrons. The van der Waals surface area contributed by atoms with E-state index in [4.69, 9.17) is 5.73 Å². The van der Waals surface area contributed by atoms with Crippen LogP contribution < -0.4 is 5.73 Å². The van der Waals surface area contributed by atoms with Crippen molar-refractivity contribution in [2.45, 2.75) is 26.3 Å². The summed E-state index contributed by atoms with van der Waals surface area (Å²) in [6.07, 6.45) is 1.66. The third-order valence-electron chi connectivity index (χ3n) is 3.47. The van der Waals surface area contributed by atoms with Crippen molar-refractivity contribution in [3.63, 3.8) is 0 Å². The molecule has 0 aliphatic rings. The van der Waals surface area contributed by atoms with Crippen LogP contribution in [0.2, 0.25) is 0 Å². The predicted octanol–water partition coefficient (Wildman–Crippen LogP) is 2.72. The monoisotopic (exact) mass is 285 g/mol. The molecule has 0 spiro atoms. The lowest BCUT2D eigenvalue weighted by molar-refractivity contribution is 0.597. The van der Waals surface area contributed by atoms with Crippen LogP contribution in [0, 0.1) is 5.82 Å². The van der Waals surface area contributed by atoms with E-state index in [1.54, 1.807) is 29.1 Å². The fraction of sp³-hybridized carbons (Fsp3) is 0.267. The minimum atomic E-state index is -0.274. The number of aromatic nitrogens is 4. The number of nitrogen functional groups attached to an aromatic ring is 1. The van der Waals surface area contributed by atoms with Gasteiger partial charge >= 0.3 is 0 Å². The second-order valence-corrected chi connectivity index (χ2v) is 5.28. The summed E-state index contributed by atoms with van der Waals surface area (Å²) in [5.74, 6) is 0.369. The van der Waals surface area contributed by atoms with Gasteiger partial charge in [-0.2, -0.15) is 0 Å². The third-order valence-corrected chi connectivity index (χ3v) is 3.47. The predicted molar refractivity (Wildman–Crippen MR) is 79.3 cm³/mol. The Morgan fingerprint density at radius 2 is 2.10 bits per heavy atom. The normalized spacial score (nSPS) is 11.4. The lowest BCUT2D eigenvalue weighted by atomic mass is 10.1. The molecule has 2 N–H and O–H groups in total. The van der Waals surface area contributed by atoms with Crippen molar-refractivity contribution < 1.29 is 4.39 Å². The first-order valence-electron chi connectivity index (χ1n) is 6.79. The smallest absolute Gasteiger partial charge is 0.169 e. The zero-order chi connectivity index (χ0) is 15.0. The number of benzene rings is 1. The van der Waals surface area contributed by atoms with E-state index in [1.807, 2.05) is 13.8 Å². The molecule has 0 saturated heterocycles. The van der Waals surface area contributed by atoms with Crippen LogP contribution >= 0.6 is 0 Å². The minimum absolute atomic E-state index is 0.208. The molecule has 5 nitrogen and oxygen atoms in total. The van der Waals surface area contributed by atoms with Gasteiger partial charge in [-0.05, 0) is 24.1 Å². The molecule has 0 unspecified atom stereocenters. The molecule has 0 aliphatic carbocycles. The highest BCUT2D eigenvalue weighted by atomic mass is 19.1. The summed E-state index contributed by atoms with van der Waals surface area (Å²) in [6, 6.07) is 6.63. The van der Waals surface area contributed by atoms with Gasteiger partial charge in [0.1, 0.15) is 5.82 Å². The molecular formula is C15H16FN5. The van der Waals surface area contributed by atoms with E-state index < -0.39 is 0 Å².